The van der Waals surface area contributed by atoms with Crippen molar-refractivity contribution in [3.8, 4) is 0 Å². The Balaban J connectivity index is 2.08. The zero-order valence-electron chi connectivity index (χ0n) is 16.7. The molecule has 0 radical (unpaired) electrons. The normalized spacial score (nSPS) is 16.6. The molecule has 148 valence electrons. The van der Waals surface area contributed by atoms with Crippen LogP contribution < -0.4 is 10.6 Å². The first-order valence-corrected chi connectivity index (χ1v) is 9.59. The number of carbonyl (C=O) groups is 3. The van der Waals surface area contributed by atoms with E-state index >= 15 is 0 Å². The first-order valence-electron chi connectivity index (χ1n) is 9.59. The van der Waals surface area contributed by atoms with E-state index in [-0.39, 0.29) is 23.8 Å². The standard InChI is InChI=1S/C20H30N4O3/c1-5-23(6-2)20(27)24-12-8-9-15(13-24)18(25)22-17-11-7-10-16(14(17)3)19(26)21-4/h7,10-11,15H,5-6,8-9,12-13H2,1-4H3,(H,21,26)(H,22,25)/t15-/m0/s1. The maximum atomic E-state index is 12.8. The van der Waals surface area contributed by atoms with Crippen LogP contribution in [0.3, 0.4) is 0 Å². The largest absolute Gasteiger partial charge is 0.355 e. The van der Waals surface area contributed by atoms with Crippen molar-refractivity contribution in [2.75, 3.05) is 38.5 Å². The highest BCUT2D eigenvalue weighted by Gasteiger charge is 2.30. The van der Waals surface area contributed by atoms with Gasteiger partial charge >= 0.3 is 6.03 Å². The molecule has 0 spiro atoms. The molecule has 1 aromatic rings. The van der Waals surface area contributed by atoms with Gasteiger partial charge in [0.1, 0.15) is 0 Å². The molecule has 27 heavy (non-hydrogen) atoms. The van der Waals surface area contributed by atoms with Gasteiger partial charge in [-0.3, -0.25) is 9.59 Å². The Morgan fingerprint density at radius 3 is 2.56 bits per heavy atom. The monoisotopic (exact) mass is 374 g/mol. The molecule has 7 nitrogen and oxygen atoms in total. The van der Waals surface area contributed by atoms with E-state index in [0.29, 0.717) is 37.4 Å². The molecule has 0 unspecified atom stereocenters. The molecule has 1 saturated heterocycles. The number of nitrogens with zero attached hydrogens (tertiary/aromatic N) is 2. The van der Waals surface area contributed by atoms with E-state index in [1.54, 1.807) is 35.0 Å². The van der Waals surface area contributed by atoms with Crippen LogP contribution in [0.25, 0.3) is 0 Å². The van der Waals surface area contributed by atoms with E-state index in [4.69, 9.17) is 0 Å². The molecule has 1 heterocycles. The predicted molar refractivity (Wildman–Crippen MR) is 106 cm³/mol. The molecule has 0 aliphatic carbocycles. The average Bonchev–Trinajstić information content (AvgIpc) is 2.69. The number of urea groups is 1. The summed E-state index contributed by atoms with van der Waals surface area (Å²) in [7, 11) is 1.58. The smallest absolute Gasteiger partial charge is 0.320 e. The molecule has 4 amide bonds. The lowest BCUT2D eigenvalue weighted by Gasteiger charge is -2.35. The molecule has 2 N–H and O–H groups in total. The van der Waals surface area contributed by atoms with Crippen molar-refractivity contribution in [1.29, 1.82) is 0 Å². The lowest BCUT2D eigenvalue weighted by atomic mass is 9.96. The van der Waals surface area contributed by atoms with Gasteiger partial charge in [0, 0.05) is 44.5 Å². The van der Waals surface area contributed by atoms with Crippen LogP contribution in [0.15, 0.2) is 18.2 Å². The van der Waals surface area contributed by atoms with E-state index < -0.39 is 0 Å². The summed E-state index contributed by atoms with van der Waals surface area (Å²) in [6.07, 6.45) is 1.56. The summed E-state index contributed by atoms with van der Waals surface area (Å²) < 4.78 is 0. The molecular weight excluding hydrogens is 344 g/mol. The van der Waals surface area contributed by atoms with E-state index in [1.165, 1.54) is 0 Å². The van der Waals surface area contributed by atoms with Crippen molar-refractivity contribution >= 4 is 23.5 Å². The average molecular weight is 374 g/mol. The van der Waals surface area contributed by atoms with Crippen molar-refractivity contribution in [1.82, 2.24) is 15.1 Å². The summed E-state index contributed by atoms with van der Waals surface area (Å²) in [6, 6.07) is 5.27. The highest BCUT2D eigenvalue weighted by Crippen LogP contribution is 2.23. The Hall–Kier alpha value is -2.57. The van der Waals surface area contributed by atoms with Crippen molar-refractivity contribution in [3.05, 3.63) is 29.3 Å². The third-order valence-electron chi connectivity index (χ3n) is 5.16. The number of amides is 4. The molecule has 2 rings (SSSR count). The number of carbonyl (C=O) groups excluding carboxylic acids is 3. The molecule has 0 aromatic heterocycles. The number of rotatable bonds is 5. The zero-order valence-corrected chi connectivity index (χ0v) is 16.7. The second kappa shape index (κ2) is 9.39. The number of hydrogen-bond donors (Lipinski definition) is 2. The Morgan fingerprint density at radius 2 is 1.93 bits per heavy atom. The topological polar surface area (TPSA) is 81.8 Å². The summed E-state index contributed by atoms with van der Waals surface area (Å²) in [4.78, 5) is 40.8. The summed E-state index contributed by atoms with van der Waals surface area (Å²) in [5, 5.41) is 5.55. The van der Waals surface area contributed by atoms with E-state index in [2.05, 4.69) is 10.6 Å². The molecule has 1 aliphatic heterocycles. The molecular formula is C20H30N4O3. The van der Waals surface area contributed by atoms with Crippen LogP contribution >= 0.6 is 0 Å². The molecule has 1 aliphatic rings. The van der Waals surface area contributed by atoms with E-state index in [1.807, 2.05) is 20.8 Å². The van der Waals surface area contributed by atoms with Crippen LogP contribution in [-0.2, 0) is 4.79 Å². The van der Waals surface area contributed by atoms with Gasteiger partial charge in [-0.25, -0.2) is 4.79 Å². The summed E-state index contributed by atoms with van der Waals surface area (Å²) in [6.45, 7) is 8.16. The molecule has 0 saturated carbocycles. The Labute approximate surface area is 161 Å². The second-order valence-corrected chi connectivity index (χ2v) is 6.79. The van der Waals surface area contributed by atoms with Crippen molar-refractivity contribution in [3.63, 3.8) is 0 Å². The second-order valence-electron chi connectivity index (χ2n) is 6.79. The van der Waals surface area contributed by atoms with Gasteiger partial charge in [0.05, 0.1) is 5.92 Å². The van der Waals surface area contributed by atoms with Crippen molar-refractivity contribution in [2.45, 2.75) is 33.6 Å². The van der Waals surface area contributed by atoms with Crippen LogP contribution in [0.5, 0.6) is 0 Å². The van der Waals surface area contributed by atoms with Gasteiger partial charge in [-0.1, -0.05) is 6.07 Å². The fourth-order valence-electron chi connectivity index (χ4n) is 3.45. The number of anilines is 1. The SMILES string of the molecule is CCN(CC)C(=O)N1CCC[C@H](C(=O)Nc2cccc(C(=O)NC)c2C)C1. The third kappa shape index (κ3) is 4.78. The Kier molecular flexibility index (Phi) is 7.21. The molecule has 7 heteroatoms. The fourth-order valence-corrected chi connectivity index (χ4v) is 3.45. The first kappa shape index (κ1) is 20.7. The summed E-state index contributed by atoms with van der Waals surface area (Å²) in [5.74, 6) is -0.539. The van der Waals surface area contributed by atoms with Crippen molar-refractivity contribution in [2.24, 2.45) is 5.92 Å². The summed E-state index contributed by atoms with van der Waals surface area (Å²) in [5.41, 5.74) is 1.91. The molecule has 1 aromatic carbocycles. The van der Waals surface area contributed by atoms with Gasteiger partial charge in [-0.05, 0) is 51.3 Å². The third-order valence-corrected chi connectivity index (χ3v) is 5.16. The van der Waals surface area contributed by atoms with Gasteiger partial charge < -0.3 is 20.4 Å². The lowest BCUT2D eigenvalue weighted by molar-refractivity contribution is -0.121. The zero-order chi connectivity index (χ0) is 20.0. The molecule has 0 bridgehead atoms. The summed E-state index contributed by atoms with van der Waals surface area (Å²) >= 11 is 0. The number of benzene rings is 1. The van der Waals surface area contributed by atoms with Gasteiger partial charge in [0.2, 0.25) is 5.91 Å². The maximum absolute atomic E-state index is 12.8. The minimum absolute atomic E-state index is 0.00436. The lowest BCUT2D eigenvalue weighted by Crippen LogP contribution is -2.49. The minimum atomic E-state index is -0.249. The number of likely N-dealkylation sites (tertiary alicyclic amines) is 1. The Bertz CT molecular complexity index is 700. The van der Waals surface area contributed by atoms with Crippen LogP contribution in [-0.4, -0.2) is 60.9 Å². The van der Waals surface area contributed by atoms with E-state index in [0.717, 1.165) is 18.4 Å². The van der Waals surface area contributed by atoms with E-state index in [9.17, 15) is 14.4 Å². The van der Waals surface area contributed by atoms with Crippen LogP contribution in [0.1, 0.15) is 42.6 Å². The number of nitrogens with one attached hydrogen (secondary N) is 2. The van der Waals surface area contributed by atoms with Crippen molar-refractivity contribution < 1.29 is 14.4 Å². The first-order chi connectivity index (χ1) is 12.9. The van der Waals surface area contributed by atoms with Crippen LogP contribution in [0.4, 0.5) is 10.5 Å². The maximum Gasteiger partial charge on any atom is 0.320 e. The van der Waals surface area contributed by atoms with Gasteiger partial charge in [0.25, 0.3) is 5.91 Å². The Morgan fingerprint density at radius 1 is 1.22 bits per heavy atom. The minimum Gasteiger partial charge on any atom is -0.355 e. The predicted octanol–water partition coefficient (Wildman–Crippen LogP) is 2.47. The molecule has 1 fully saturated rings. The van der Waals surface area contributed by atoms with Gasteiger partial charge in [-0.15, -0.1) is 0 Å². The quantitative estimate of drug-likeness (QED) is 0.831. The number of piperidine rings is 1. The van der Waals surface area contributed by atoms with Gasteiger partial charge in [-0.2, -0.15) is 0 Å². The van der Waals surface area contributed by atoms with Gasteiger partial charge in [0.15, 0.2) is 0 Å². The molecule has 1 atom stereocenters. The van der Waals surface area contributed by atoms with Crippen LogP contribution in [0, 0.1) is 12.8 Å². The van der Waals surface area contributed by atoms with Crippen LogP contribution in [0.2, 0.25) is 0 Å². The number of hydrogen-bond acceptors (Lipinski definition) is 3. The highest BCUT2D eigenvalue weighted by molar-refractivity contribution is 5.99. The highest BCUT2D eigenvalue weighted by atomic mass is 16.2. The fraction of sp³-hybridized carbons (Fsp3) is 0.550.